The molecule has 3 N–H and O–H groups in total. The third kappa shape index (κ3) is 3.10. The van der Waals surface area contributed by atoms with Gasteiger partial charge in [0.1, 0.15) is 10.5 Å². The quantitative estimate of drug-likeness (QED) is 0.652. The van der Waals surface area contributed by atoms with Crippen molar-refractivity contribution >= 4 is 22.7 Å². The summed E-state index contributed by atoms with van der Waals surface area (Å²) >= 11 is 0. The Labute approximate surface area is 85.1 Å². The molecule has 0 heterocycles. The number of hydrogen-bond donors (Lipinski definition) is 2. The average molecular weight is 221 g/mol. The number of carbonyl (C=O) groups excluding carboxylic acids is 1. The van der Waals surface area contributed by atoms with E-state index in [4.69, 9.17) is 10.8 Å². The van der Waals surface area contributed by atoms with Crippen LogP contribution in [0.1, 0.15) is 26.7 Å². The smallest absolute Gasteiger partial charge is 0.319 e. The van der Waals surface area contributed by atoms with Crippen molar-refractivity contribution in [1.29, 1.82) is 0 Å². The van der Waals surface area contributed by atoms with Crippen molar-refractivity contribution in [2.75, 3.05) is 0 Å². The Bertz CT molecular complexity index is 230. The van der Waals surface area contributed by atoms with E-state index in [1.165, 1.54) is 0 Å². The SMILES string of the molecule is CCC(C(N)=O)S(=O)C(CC)C(=O)O. The minimum atomic E-state index is -1.73. The van der Waals surface area contributed by atoms with Crippen LogP contribution in [0.5, 0.6) is 0 Å². The molecule has 0 aliphatic carbocycles. The Morgan fingerprint density at radius 1 is 1.29 bits per heavy atom. The Balaban J connectivity index is 4.71. The second-order valence-corrected chi connectivity index (χ2v) is 4.66. The maximum Gasteiger partial charge on any atom is 0.319 e. The molecule has 0 saturated heterocycles. The summed E-state index contributed by atoms with van der Waals surface area (Å²) in [6.45, 7) is 3.27. The first kappa shape index (κ1) is 13.1. The third-order valence-corrected chi connectivity index (χ3v) is 4.12. The molecule has 6 heteroatoms. The molecule has 0 aromatic heterocycles. The standard InChI is InChI=1S/C8H15NO4S/c1-3-5(7(9)10)14(13)6(4-2)8(11)12/h5-6H,3-4H2,1-2H3,(H2,9,10)(H,11,12). The fraction of sp³-hybridized carbons (Fsp3) is 0.750. The van der Waals surface area contributed by atoms with Crippen LogP contribution >= 0.6 is 0 Å². The highest BCUT2D eigenvalue weighted by molar-refractivity contribution is 7.87. The first-order valence-corrected chi connectivity index (χ1v) is 5.64. The number of hydrogen-bond acceptors (Lipinski definition) is 3. The summed E-state index contributed by atoms with van der Waals surface area (Å²) in [5, 5.41) is 6.85. The molecule has 0 bridgehead atoms. The predicted molar refractivity (Wildman–Crippen MR) is 53.1 cm³/mol. The van der Waals surface area contributed by atoms with Crippen LogP contribution in [-0.4, -0.2) is 31.7 Å². The molecule has 0 fully saturated rings. The van der Waals surface area contributed by atoms with Gasteiger partial charge in [-0.2, -0.15) is 0 Å². The van der Waals surface area contributed by atoms with Crippen LogP contribution in [-0.2, 0) is 20.4 Å². The lowest BCUT2D eigenvalue weighted by atomic mass is 10.3. The molecule has 5 nitrogen and oxygen atoms in total. The van der Waals surface area contributed by atoms with Crippen LogP contribution in [0.4, 0.5) is 0 Å². The van der Waals surface area contributed by atoms with Crippen LogP contribution in [0.15, 0.2) is 0 Å². The largest absolute Gasteiger partial charge is 0.480 e. The maximum absolute atomic E-state index is 11.6. The van der Waals surface area contributed by atoms with Gasteiger partial charge in [-0.15, -0.1) is 0 Å². The van der Waals surface area contributed by atoms with Crippen molar-refractivity contribution in [3.05, 3.63) is 0 Å². The fourth-order valence-electron chi connectivity index (χ4n) is 1.12. The molecule has 0 spiro atoms. The average Bonchev–Trinajstić information content (AvgIpc) is 2.04. The van der Waals surface area contributed by atoms with Gasteiger partial charge in [-0.1, -0.05) is 13.8 Å². The molecule has 0 radical (unpaired) electrons. The van der Waals surface area contributed by atoms with Gasteiger partial charge in [0.15, 0.2) is 0 Å². The molecule has 0 aliphatic heterocycles. The lowest BCUT2D eigenvalue weighted by molar-refractivity contribution is -0.136. The molecule has 0 aliphatic rings. The molecule has 3 unspecified atom stereocenters. The Kier molecular flexibility index (Phi) is 5.37. The number of aliphatic carboxylic acids is 1. The van der Waals surface area contributed by atoms with Crippen LogP contribution in [0, 0.1) is 0 Å². The van der Waals surface area contributed by atoms with Crippen molar-refractivity contribution in [2.24, 2.45) is 5.73 Å². The topological polar surface area (TPSA) is 97.5 Å². The Morgan fingerprint density at radius 3 is 1.93 bits per heavy atom. The zero-order valence-electron chi connectivity index (χ0n) is 8.23. The van der Waals surface area contributed by atoms with E-state index in [1.807, 2.05) is 0 Å². The van der Waals surface area contributed by atoms with E-state index in [9.17, 15) is 13.8 Å². The summed E-state index contributed by atoms with van der Waals surface area (Å²) in [5.74, 6) is -1.85. The van der Waals surface area contributed by atoms with E-state index in [0.717, 1.165) is 0 Å². The number of carboxylic acids is 1. The molecule has 1 amide bonds. The van der Waals surface area contributed by atoms with Gasteiger partial charge in [-0.3, -0.25) is 13.8 Å². The van der Waals surface area contributed by atoms with Gasteiger partial charge in [-0.05, 0) is 12.8 Å². The minimum Gasteiger partial charge on any atom is -0.480 e. The summed E-state index contributed by atoms with van der Waals surface area (Å²) in [7, 11) is -1.73. The Morgan fingerprint density at radius 2 is 1.71 bits per heavy atom. The van der Waals surface area contributed by atoms with Crippen LogP contribution in [0.25, 0.3) is 0 Å². The van der Waals surface area contributed by atoms with Gasteiger partial charge in [-0.25, -0.2) is 0 Å². The van der Waals surface area contributed by atoms with Crippen molar-refractivity contribution in [3.63, 3.8) is 0 Å². The summed E-state index contributed by atoms with van der Waals surface area (Å²) in [4.78, 5) is 21.5. The van der Waals surface area contributed by atoms with Crippen molar-refractivity contribution < 1.29 is 18.9 Å². The lowest BCUT2D eigenvalue weighted by Gasteiger charge is -2.15. The molecule has 0 rings (SSSR count). The molecule has 0 saturated carbocycles. The monoisotopic (exact) mass is 221 g/mol. The molecule has 3 atom stereocenters. The van der Waals surface area contributed by atoms with Crippen LogP contribution in [0.2, 0.25) is 0 Å². The van der Waals surface area contributed by atoms with E-state index in [0.29, 0.717) is 6.42 Å². The highest BCUT2D eigenvalue weighted by atomic mass is 32.2. The number of rotatable bonds is 6. The first-order chi connectivity index (χ1) is 6.45. The number of nitrogens with two attached hydrogens (primary N) is 1. The molecular formula is C8H15NO4S. The van der Waals surface area contributed by atoms with E-state index in [2.05, 4.69) is 0 Å². The fourth-order valence-corrected chi connectivity index (χ4v) is 2.60. The molecule has 0 aromatic rings. The number of carbonyl (C=O) groups is 2. The van der Waals surface area contributed by atoms with Gasteiger partial charge < -0.3 is 10.8 Å². The van der Waals surface area contributed by atoms with Crippen molar-refractivity contribution in [3.8, 4) is 0 Å². The van der Waals surface area contributed by atoms with Gasteiger partial charge in [0.2, 0.25) is 5.91 Å². The van der Waals surface area contributed by atoms with E-state index in [1.54, 1.807) is 13.8 Å². The van der Waals surface area contributed by atoms with Gasteiger partial charge in [0, 0.05) is 10.8 Å². The summed E-state index contributed by atoms with van der Waals surface area (Å²) in [5.41, 5.74) is 5.02. The molecule has 14 heavy (non-hydrogen) atoms. The Hall–Kier alpha value is -0.910. The highest BCUT2D eigenvalue weighted by Crippen LogP contribution is 2.11. The number of primary amides is 1. The van der Waals surface area contributed by atoms with Crippen LogP contribution in [0.3, 0.4) is 0 Å². The first-order valence-electron chi connectivity index (χ1n) is 4.37. The number of carboxylic acid groups (broad SMARTS) is 1. The summed E-state index contributed by atoms with van der Waals surface area (Å²) < 4.78 is 11.6. The van der Waals surface area contributed by atoms with Crippen LogP contribution < -0.4 is 5.73 Å². The molecular weight excluding hydrogens is 206 g/mol. The normalized spacial score (nSPS) is 17.0. The van der Waals surface area contributed by atoms with E-state index >= 15 is 0 Å². The third-order valence-electron chi connectivity index (χ3n) is 1.90. The van der Waals surface area contributed by atoms with Crippen molar-refractivity contribution in [1.82, 2.24) is 0 Å². The summed E-state index contributed by atoms with van der Waals surface area (Å²) in [6.07, 6.45) is 0.525. The van der Waals surface area contributed by atoms with E-state index in [-0.39, 0.29) is 6.42 Å². The highest BCUT2D eigenvalue weighted by Gasteiger charge is 2.31. The zero-order chi connectivity index (χ0) is 11.3. The lowest BCUT2D eigenvalue weighted by Crippen LogP contribution is -2.39. The van der Waals surface area contributed by atoms with E-state index < -0.39 is 33.2 Å². The predicted octanol–water partition coefficient (Wildman–Crippen LogP) is -0.138. The second-order valence-electron chi connectivity index (χ2n) is 2.86. The zero-order valence-corrected chi connectivity index (χ0v) is 9.04. The summed E-state index contributed by atoms with van der Waals surface area (Å²) in [6, 6.07) is 0. The number of amides is 1. The van der Waals surface area contributed by atoms with Crippen molar-refractivity contribution in [2.45, 2.75) is 37.2 Å². The van der Waals surface area contributed by atoms with Gasteiger partial charge >= 0.3 is 5.97 Å². The van der Waals surface area contributed by atoms with Gasteiger partial charge in [0.25, 0.3) is 0 Å². The molecule has 0 aromatic carbocycles. The minimum absolute atomic E-state index is 0.228. The second kappa shape index (κ2) is 5.74. The maximum atomic E-state index is 11.6. The molecule has 82 valence electrons. The van der Waals surface area contributed by atoms with Gasteiger partial charge in [0.05, 0.1) is 0 Å².